The predicted molar refractivity (Wildman–Crippen MR) is 93.0 cm³/mol. The predicted octanol–water partition coefficient (Wildman–Crippen LogP) is 1.50. The molecule has 0 aromatic heterocycles. The fourth-order valence-corrected chi connectivity index (χ4v) is 2.52. The number of rotatable bonds is 6. The maximum absolute atomic E-state index is 11.8. The Labute approximate surface area is 152 Å². The third kappa shape index (κ3) is 8.48. The van der Waals surface area contributed by atoms with Crippen molar-refractivity contribution in [2.45, 2.75) is 19.8 Å². The van der Waals surface area contributed by atoms with Crippen LogP contribution in [0.15, 0.2) is 30.3 Å². The number of hydrogen-bond donors (Lipinski definition) is 2. The Morgan fingerprint density at radius 3 is 2.38 bits per heavy atom. The number of piperidine rings is 1. The summed E-state index contributed by atoms with van der Waals surface area (Å²) in [4.78, 5) is 32.2. The molecule has 0 radical (unpaired) electrons. The molecule has 0 bridgehead atoms. The molecule has 8 heteroatoms. The van der Waals surface area contributed by atoms with Crippen molar-refractivity contribution in [2.24, 2.45) is 5.92 Å². The number of para-hydroxylation sites is 1. The number of carboxylic acid groups (broad SMARTS) is 2. The van der Waals surface area contributed by atoms with Crippen LogP contribution < -0.4 is 4.74 Å². The van der Waals surface area contributed by atoms with E-state index in [0.717, 1.165) is 38.2 Å². The highest BCUT2D eigenvalue weighted by molar-refractivity contribution is 6.27. The van der Waals surface area contributed by atoms with Gasteiger partial charge in [-0.05, 0) is 38.4 Å². The molecule has 1 fully saturated rings. The second-order valence-corrected chi connectivity index (χ2v) is 5.66. The Morgan fingerprint density at radius 1 is 1.15 bits per heavy atom. The van der Waals surface area contributed by atoms with Crippen molar-refractivity contribution >= 4 is 17.9 Å². The first kappa shape index (κ1) is 21.4. The summed E-state index contributed by atoms with van der Waals surface area (Å²) in [6.45, 7) is 5.65. The van der Waals surface area contributed by atoms with Crippen LogP contribution >= 0.6 is 0 Å². The van der Waals surface area contributed by atoms with Gasteiger partial charge in [-0.1, -0.05) is 18.2 Å². The summed E-state index contributed by atoms with van der Waals surface area (Å²) in [6.07, 6.45) is 1.99. The summed E-state index contributed by atoms with van der Waals surface area (Å²) in [7, 11) is 0. The van der Waals surface area contributed by atoms with Crippen molar-refractivity contribution in [2.75, 3.05) is 32.8 Å². The van der Waals surface area contributed by atoms with Gasteiger partial charge < -0.3 is 19.7 Å². The second-order valence-electron chi connectivity index (χ2n) is 5.66. The van der Waals surface area contributed by atoms with Gasteiger partial charge in [-0.2, -0.15) is 0 Å². The van der Waals surface area contributed by atoms with Gasteiger partial charge in [-0.3, -0.25) is 9.69 Å². The molecule has 144 valence electrons. The van der Waals surface area contributed by atoms with Gasteiger partial charge in [0.15, 0.2) is 0 Å². The molecule has 1 unspecified atom stereocenters. The lowest BCUT2D eigenvalue weighted by Crippen LogP contribution is -2.41. The number of carbonyl (C=O) groups excluding carboxylic acids is 1. The molecule has 0 amide bonds. The standard InChI is InChI=1S/C16H23NO3.C2H2O4/c1-2-19-16(18)14-7-6-10-17(13-14)11-12-20-15-8-4-3-5-9-15;3-1(4)2(5)6/h3-5,8-9,14H,2,6-7,10-13H2,1H3;(H,3,4)(H,5,6). The van der Waals surface area contributed by atoms with Crippen LogP contribution in [0.1, 0.15) is 19.8 Å². The van der Waals surface area contributed by atoms with Gasteiger partial charge in [0, 0.05) is 13.1 Å². The van der Waals surface area contributed by atoms with Gasteiger partial charge >= 0.3 is 17.9 Å². The average Bonchev–Trinajstić information content (AvgIpc) is 2.63. The zero-order valence-electron chi connectivity index (χ0n) is 14.8. The van der Waals surface area contributed by atoms with E-state index in [1.54, 1.807) is 0 Å². The molecular weight excluding hydrogens is 342 g/mol. The molecule has 0 aliphatic carbocycles. The van der Waals surface area contributed by atoms with Crippen LogP contribution in [0.25, 0.3) is 0 Å². The van der Waals surface area contributed by atoms with Crippen molar-refractivity contribution in [1.82, 2.24) is 4.90 Å². The lowest BCUT2D eigenvalue weighted by atomic mass is 9.98. The van der Waals surface area contributed by atoms with Crippen LogP contribution in [0.2, 0.25) is 0 Å². The second kappa shape index (κ2) is 11.9. The largest absolute Gasteiger partial charge is 0.492 e. The van der Waals surface area contributed by atoms with E-state index in [1.165, 1.54) is 0 Å². The third-order valence-electron chi connectivity index (χ3n) is 3.73. The topological polar surface area (TPSA) is 113 Å². The minimum atomic E-state index is -1.82. The van der Waals surface area contributed by atoms with Gasteiger partial charge in [0.1, 0.15) is 12.4 Å². The SMILES string of the molecule is CCOC(=O)C1CCCN(CCOc2ccccc2)C1.O=C(O)C(=O)O. The number of esters is 1. The van der Waals surface area contributed by atoms with Crippen molar-refractivity contribution < 1.29 is 34.1 Å². The zero-order valence-corrected chi connectivity index (χ0v) is 14.8. The average molecular weight is 367 g/mol. The number of aliphatic carboxylic acids is 2. The fourth-order valence-electron chi connectivity index (χ4n) is 2.52. The highest BCUT2D eigenvalue weighted by Gasteiger charge is 2.26. The van der Waals surface area contributed by atoms with E-state index in [4.69, 9.17) is 29.3 Å². The van der Waals surface area contributed by atoms with Gasteiger partial charge in [0.2, 0.25) is 0 Å². The van der Waals surface area contributed by atoms with E-state index in [2.05, 4.69) is 4.90 Å². The maximum atomic E-state index is 11.8. The molecule has 2 rings (SSSR count). The Kier molecular flexibility index (Phi) is 9.78. The quantitative estimate of drug-likeness (QED) is 0.574. The van der Waals surface area contributed by atoms with Crippen molar-refractivity contribution in [3.63, 3.8) is 0 Å². The lowest BCUT2D eigenvalue weighted by Gasteiger charge is -2.31. The summed E-state index contributed by atoms with van der Waals surface area (Å²) in [6, 6.07) is 9.82. The van der Waals surface area contributed by atoms with Crippen LogP contribution in [0.4, 0.5) is 0 Å². The maximum Gasteiger partial charge on any atom is 0.414 e. The summed E-state index contributed by atoms with van der Waals surface area (Å²) in [5.41, 5.74) is 0. The Morgan fingerprint density at radius 2 is 1.81 bits per heavy atom. The van der Waals surface area contributed by atoms with Crippen molar-refractivity contribution in [3.05, 3.63) is 30.3 Å². The van der Waals surface area contributed by atoms with Crippen molar-refractivity contribution in [3.8, 4) is 5.75 Å². The molecule has 1 aliphatic heterocycles. The lowest BCUT2D eigenvalue weighted by molar-refractivity contribution is -0.159. The number of carbonyl (C=O) groups is 3. The Bertz CT molecular complexity index is 564. The number of nitrogens with zero attached hydrogens (tertiary/aromatic N) is 1. The van der Waals surface area contributed by atoms with Gasteiger partial charge in [-0.15, -0.1) is 0 Å². The third-order valence-corrected chi connectivity index (χ3v) is 3.73. The first-order chi connectivity index (χ1) is 12.4. The summed E-state index contributed by atoms with van der Waals surface area (Å²) >= 11 is 0. The van der Waals surface area contributed by atoms with Gasteiger partial charge in [0.25, 0.3) is 0 Å². The molecule has 1 aromatic carbocycles. The summed E-state index contributed by atoms with van der Waals surface area (Å²) in [5, 5.41) is 14.8. The number of hydrogen-bond acceptors (Lipinski definition) is 6. The zero-order chi connectivity index (χ0) is 19.4. The van der Waals surface area contributed by atoms with Gasteiger partial charge in [-0.25, -0.2) is 9.59 Å². The Hall–Kier alpha value is -2.61. The first-order valence-corrected chi connectivity index (χ1v) is 8.47. The summed E-state index contributed by atoms with van der Waals surface area (Å²) in [5.74, 6) is -2.78. The molecule has 1 aromatic rings. The molecule has 8 nitrogen and oxygen atoms in total. The monoisotopic (exact) mass is 367 g/mol. The highest BCUT2D eigenvalue weighted by Crippen LogP contribution is 2.18. The van der Waals surface area contributed by atoms with Crippen LogP contribution in [0.5, 0.6) is 5.75 Å². The van der Waals surface area contributed by atoms with E-state index < -0.39 is 11.9 Å². The smallest absolute Gasteiger partial charge is 0.414 e. The summed E-state index contributed by atoms with van der Waals surface area (Å²) < 4.78 is 10.8. The van der Waals surface area contributed by atoms with Gasteiger partial charge in [0.05, 0.1) is 12.5 Å². The molecule has 2 N–H and O–H groups in total. The van der Waals surface area contributed by atoms with Crippen LogP contribution in [-0.2, 0) is 19.1 Å². The van der Waals surface area contributed by atoms with Crippen LogP contribution in [0, 0.1) is 5.92 Å². The first-order valence-electron chi connectivity index (χ1n) is 8.47. The fraction of sp³-hybridized carbons (Fsp3) is 0.500. The number of likely N-dealkylation sites (tertiary alicyclic amines) is 1. The van der Waals surface area contributed by atoms with E-state index in [-0.39, 0.29) is 11.9 Å². The molecule has 0 spiro atoms. The van der Waals surface area contributed by atoms with Crippen LogP contribution in [0.3, 0.4) is 0 Å². The molecule has 0 saturated carbocycles. The minimum absolute atomic E-state index is 0.0282. The molecule has 26 heavy (non-hydrogen) atoms. The molecular formula is C18H25NO7. The van der Waals surface area contributed by atoms with E-state index in [0.29, 0.717) is 13.2 Å². The molecule has 1 atom stereocenters. The van der Waals surface area contributed by atoms with Crippen molar-refractivity contribution in [1.29, 1.82) is 0 Å². The minimum Gasteiger partial charge on any atom is -0.492 e. The van der Waals surface area contributed by atoms with E-state index in [9.17, 15) is 4.79 Å². The van der Waals surface area contributed by atoms with Crippen LogP contribution in [-0.4, -0.2) is 65.9 Å². The molecule has 1 saturated heterocycles. The Balaban J connectivity index is 0.000000487. The number of benzene rings is 1. The highest BCUT2D eigenvalue weighted by atomic mass is 16.5. The molecule has 1 heterocycles. The van der Waals surface area contributed by atoms with E-state index >= 15 is 0 Å². The normalized spacial score (nSPS) is 16.7. The van der Waals surface area contributed by atoms with E-state index in [1.807, 2.05) is 37.3 Å². The molecule has 1 aliphatic rings. The number of ether oxygens (including phenoxy) is 2. The number of carboxylic acids is 2.